The molecule has 20 heavy (non-hydrogen) atoms. The first-order chi connectivity index (χ1) is 9.45. The second-order valence-electron chi connectivity index (χ2n) is 7.47. The van der Waals surface area contributed by atoms with E-state index >= 15 is 0 Å². The Hall–Kier alpha value is -1.02. The van der Waals surface area contributed by atoms with Crippen LogP contribution in [0.25, 0.3) is 0 Å². The predicted octanol–water partition coefficient (Wildman–Crippen LogP) is 4.26. The van der Waals surface area contributed by atoms with Gasteiger partial charge in [-0.1, -0.05) is 38.5 Å². The summed E-state index contributed by atoms with van der Waals surface area (Å²) < 4.78 is 6.15. The summed E-state index contributed by atoms with van der Waals surface area (Å²) in [5, 5.41) is 3.81. The molecular weight excluding hydrogens is 246 g/mol. The number of hydrogen-bond acceptors (Lipinski definition) is 2. The van der Waals surface area contributed by atoms with Crippen molar-refractivity contribution in [3.05, 3.63) is 28.8 Å². The van der Waals surface area contributed by atoms with Gasteiger partial charge in [0.2, 0.25) is 0 Å². The number of benzene rings is 1. The maximum atomic E-state index is 6.15. The van der Waals surface area contributed by atoms with Gasteiger partial charge in [-0.3, -0.25) is 0 Å². The smallest absolute Gasteiger partial charge is 0.127 e. The molecule has 1 atom stereocenters. The molecule has 0 amide bonds. The quantitative estimate of drug-likeness (QED) is 0.869. The number of hydrogen-bond donors (Lipinski definition) is 1. The van der Waals surface area contributed by atoms with E-state index in [1.54, 1.807) is 0 Å². The second kappa shape index (κ2) is 5.07. The van der Waals surface area contributed by atoms with Crippen LogP contribution in [0.1, 0.15) is 69.2 Å². The van der Waals surface area contributed by atoms with Gasteiger partial charge in [-0.15, -0.1) is 0 Å². The summed E-state index contributed by atoms with van der Waals surface area (Å²) in [5.41, 5.74) is 4.22. The number of ether oxygens (including phenoxy) is 1. The Morgan fingerprint density at radius 1 is 1.15 bits per heavy atom. The van der Waals surface area contributed by atoms with Gasteiger partial charge in [-0.25, -0.2) is 0 Å². The zero-order valence-corrected chi connectivity index (χ0v) is 13.3. The van der Waals surface area contributed by atoms with Crippen molar-refractivity contribution in [3.63, 3.8) is 0 Å². The lowest BCUT2D eigenvalue weighted by Crippen LogP contribution is -2.24. The summed E-state index contributed by atoms with van der Waals surface area (Å²) in [4.78, 5) is 0. The Kier molecular flexibility index (Phi) is 3.53. The molecule has 1 aromatic carbocycles. The zero-order chi connectivity index (χ0) is 14.3. The van der Waals surface area contributed by atoms with Gasteiger partial charge in [0, 0.05) is 23.2 Å². The molecule has 3 rings (SSSR count). The lowest BCUT2D eigenvalue weighted by Gasteiger charge is -2.27. The Bertz CT molecular complexity index is 497. The third kappa shape index (κ3) is 2.85. The average Bonchev–Trinajstić information content (AvgIpc) is 3.17. The molecule has 0 saturated heterocycles. The van der Waals surface area contributed by atoms with E-state index in [0.29, 0.717) is 6.04 Å². The Balaban J connectivity index is 2.05. The first-order valence-electron chi connectivity index (χ1n) is 7.99. The highest BCUT2D eigenvalue weighted by Crippen LogP contribution is 2.41. The molecule has 0 aromatic heterocycles. The molecule has 1 aliphatic carbocycles. The van der Waals surface area contributed by atoms with E-state index in [1.807, 2.05) is 0 Å². The van der Waals surface area contributed by atoms with Crippen molar-refractivity contribution in [2.24, 2.45) is 0 Å². The van der Waals surface area contributed by atoms with Crippen molar-refractivity contribution in [2.45, 2.75) is 70.9 Å². The fraction of sp³-hybridized carbons (Fsp3) is 0.667. The molecule has 1 unspecified atom stereocenters. The summed E-state index contributed by atoms with van der Waals surface area (Å²) in [6.45, 7) is 9.88. The summed E-state index contributed by atoms with van der Waals surface area (Å²) in [7, 11) is 0. The molecule has 1 N–H and O–H groups in total. The van der Waals surface area contributed by atoms with Gasteiger partial charge in [0.15, 0.2) is 0 Å². The zero-order valence-electron chi connectivity index (χ0n) is 13.3. The van der Waals surface area contributed by atoms with Gasteiger partial charge < -0.3 is 10.1 Å². The predicted molar refractivity (Wildman–Crippen MR) is 83.5 cm³/mol. The Morgan fingerprint density at radius 3 is 2.55 bits per heavy atom. The topological polar surface area (TPSA) is 21.3 Å². The van der Waals surface area contributed by atoms with Gasteiger partial charge in [-0.05, 0) is 38.0 Å². The standard InChI is InChI=1S/C18H27NO/c1-12-10-14-16(19-13-7-8-13)6-5-9-20-17(14)15(11-12)18(2,3)4/h10-11,13,16,19H,5-9H2,1-4H3. The lowest BCUT2D eigenvalue weighted by atomic mass is 9.83. The molecule has 1 saturated carbocycles. The Labute approximate surface area is 122 Å². The lowest BCUT2D eigenvalue weighted by molar-refractivity contribution is 0.307. The van der Waals surface area contributed by atoms with Crippen LogP contribution in [-0.4, -0.2) is 12.6 Å². The van der Waals surface area contributed by atoms with Crippen LogP contribution in [0.15, 0.2) is 12.1 Å². The highest BCUT2D eigenvalue weighted by atomic mass is 16.5. The first-order valence-corrected chi connectivity index (χ1v) is 7.99. The van der Waals surface area contributed by atoms with Crippen LogP contribution in [0.3, 0.4) is 0 Å². The summed E-state index contributed by atoms with van der Waals surface area (Å²) >= 11 is 0. The van der Waals surface area contributed by atoms with Crippen LogP contribution < -0.4 is 10.1 Å². The molecule has 0 spiro atoms. The third-order valence-corrected chi connectivity index (χ3v) is 4.34. The van der Waals surface area contributed by atoms with Crippen LogP contribution in [0.5, 0.6) is 5.75 Å². The molecule has 2 heteroatoms. The van der Waals surface area contributed by atoms with Crippen LogP contribution in [0.4, 0.5) is 0 Å². The average molecular weight is 273 g/mol. The molecule has 110 valence electrons. The summed E-state index contributed by atoms with van der Waals surface area (Å²) in [6.07, 6.45) is 5.01. The van der Waals surface area contributed by atoms with Crippen LogP contribution >= 0.6 is 0 Å². The largest absolute Gasteiger partial charge is 0.493 e. The van der Waals surface area contributed by atoms with E-state index in [4.69, 9.17) is 4.74 Å². The van der Waals surface area contributed by atoms with Crippen LogP contribution in [0.2, 0.25) is 0 Å². The minimum atomic E-state index is 0.130. The van der Waals surface area contributed by atoms with Crippen LogP contribution in [-0.2, 0) is 5.41 Å². The minimum Gasteiger partial charge on any atom is -0.493 e. The van der Waals surface area contributed by atoms with Crippen LogP contribution in [0, 0.1) is 6.92 Å². The van der Waals surface area contributed by atoms with E-state index < -0.39 is 0 Å². The molecule has 2 aliphatic rings. The Morgan fingerprint density at radius 2 is 1.90 bits per heavy atom. The first kappa shape index (κ1) is 13.9. The van der Waals surface area contributed by atoms with Crippen molar-refractivity contribution in [1.29, 1.82) is 0 Å². The van der Waals surface area contributed by atoms with E-state index in [1.165, 1.54) is 36.0 Å². The summed E-state index contributed by atoms with van der Waals surface area (Å²) in [6, 6.07) is 5.85. The third-order valence-electron chi connectivity index (χ3n) is 4.34. The minimum absolute atomic E-state index is 0.130. The van der Waals surface area contributed by atoms with Gasteiger partial charge >= 0.3 is 0 Å². The van der Waals surface area contributed by atoms with E-state index in [0.717, 1.165) is 24.8 Å². The number of nitrogens with one attached hydrogen (secondary N) is 1. The second-order valence-corrected chi connectivity index (χ2v) is 7.47. The molecule has 2 nitrogen and oxygen atoms in total. The molecule has 1 heterocycles. The fourth-order valence-corrected chi connectivity index (χ4v) is 3.10. The maximum Gasteiger partial charge on any atom is 0.127 e. The molecule has 1 aliphatic heterocycles. The van der Waals surface area contributed by atoms with Crippen molar-refractivity contribution in [3.8, 4) is 5.75 Å². The van der Waals surface area contributed by atoms with Crippen molar-refractivity contribution < 1.29 is 4.74 Å². The van der Waals surface area contributed by atoms with E-state index in [9.17, 15) is 0 Å². The maximum absolute atomic E-state index is 6.15. The monoisotopic (exact) mass is 273 g/mol. The van der Waals surface area contributed by atoms with E-state index in [-0.39, 0.29) is 5.41 Å². The normalized spacial score (nSPS) is 22.9. The molecule has 0 radical (unpaired) electrons. The van der Waals surface area contributed by atoms with Crippen molar-refractivity contribution in [2.75, 3.05) is 6.61 Å². The van der Waals surface area contributed by atoms with Gasteiger partial charge in [0.1, 0.15) is 5.75 Å². The van der Waals surface area contributed by atoms with Gasteiger partial charge in [0.25, 0.3) is 0 Å². The molecule has 1 aromatic rings. The van der Waals surface area contributed by atoms with Crippen molar-refractivity contribution in [1.82, 2.24) is 5.32 Å². The molecule has 1 fully saturated rings. The fourth-order valence-electron chi connectivity index (χ4n) is 3.10. The number of rotatable bonds is 2. The molecular formula is C18H27NO. The SMILES string of the molecule is Cc1cc2c(c(C(C)(C)C)c1)OCCCC2NC1CC1. The number of aryl methyl sites for hydroxylation is 1. The molecule has 0 bridgehead atoms. The highest BCUT2D eigenvalue weighted by Gasteiger charge is 2.31. The summed E-state index contributed by atoms with van der Waals surface area (Å²) in [5.74, 6) is 1.15. The van der Waals surface area contributed by atoms with E-state index in [2.05, 4.69) is 45.1 Å². The van der Waals surface area contributed by atoms with Gasteiger partial charge in [0.05, 0.1) is 6.61 Å². The number of fused-ring (bicyclic) bond motifs is 1. The van der Waals surface area contributed by atoms with Crippen molar-refractivity contribution >= 4 is 0 Å². The highest BCUT2D eigenvalue weighted by molar-refractivity contribution is 5.49. The van der Waals surface area contributed by atoms with Gasteiger partial charge in [-0.2, -0.15) is 0 Å².